The van der Waals surface area contributed by atoms with Crippen LogP contribution in [0.25, 0.3) is 0 Å². The summed E-state index contributed by atoms with van der Waals surface area (Å²) in [7, 11) is 3.25. The third-order valence-electron chi connectivity index (χ3n) is 8.64. The highest BCUT2D eigenvalue weighted by Crippen LogP contribution is 2.48. The average molecular weight is 607 g/mol. The van der Waals surface area contributed by atoms with E-state index in [-0.39, 0.29) is 34.8 Å². The first-order chi connectivity index (χ1) is 19.6. The normalized spacial score (nSPS) is 22.0. The van der Waals surface area contributed by atoms with E-state index in [2.05, 4.69) is 0 Å². The zero-order chi connectivity index (χ0) is 29.3. The lowest BCUT2D eigenvalue weighted by Gasteiger charge is -2.35. The summed E-state index contributed by atoms with van der Waals surface area (Å²) >= 11 is 12.5. The van der Waals surface area contributed by atoms with Crippen LogP contribution in [0.15, 0.2) is 42.5 Å². The van der Waals surface area contributed by atoms with Crippen molar-refractivity contribution in [1.29, 1.82) is 0 Å². The number of benzene rings is 2. The molecule has 2 aliphatic heterocycles. The molecule has 3 fully saturated rings. The van der Waals surface area contributed by atoms with Crippen LogP contribution >= 0.6 is 23.2 Å². The smallest absolute Gasteiger partial charge is 0.410 e. The van der Waals surface area contributed by atoms with Crippen LogP contribution in [0.5, 0.6) is 5.75 Å². The van der Waals surface area contributed by atoms with Gasteiger partial charge in [0, 0.05) is 52.2 Å². The van der Waals surface area contributed by atoms with Crippen LogP contribution in [0.1, 0.15) is 37.2 Å². The first kappa shape index (κ1) is 29.6. The maximum atomic E-state index is 13.7. The molecule has 2 saturated heterocycles. The number of piperidine rings is 1. The molecule has 41 heavy (non-hydrogen) atoms. The van der Waals surface area contributed by atoms with E-state index in [9.17, 15) is 18.8 Å². The number of likely N-dealkylation sites (tertiary alicyclic amines) is 2. The summed E-state index contributed by atoms with van der Waals surface area (Å²) in [4.78, 5) is 45.0. The molecule has 8 nitrogen and oxygen atoms in total. The molecule has 2 atom stereocenters. The third-order valence-corrected chi connectivity index (χ3v) is 9.38. The molecule has 2 aromatic rings. The number of carbonyl (C=O) groups is 3. The predicted octanol–water partition coefficient (Wildman–Crippen LogP) is 5.22. The quantitative estimate of drug-likeness (QED) is 0.432. The Bertz CT molecular complexity index is 1300. The van der Waals surface area contributed by atoms with Crippen LogP contribution in [-0.2, 0) is 14.3 Å². The summed E-state index contributed by atoms with van der Waals surface area (Å²) in [6, 6.07) is 10.2. The zero-order valence-electron chi connectivity index (χ0n) is 23.2. The minimum atomic E-state index is -0.613. The molecule has 2 heterocycles. The molecule has 1 saturated carbocycles. The summed E-state index contributed by atoms with van der Waals surface area (Å²) in [5.74, 6) is -0.498. The van der Waals surface area contributed by atoms with Crippen LogP contribution in [0.3, 0.4) is 0 Å². The third kappa shape index (κ3) is 6.32. The van der Waals surface area contributed by atoms with Crippen molar-refractivity contribution in [3.63, 3.8) is 0 Å². The molecule has 0 radical (unpaired) electrons. The number of ether oxygens (including phenoxy) is 2. The lowest BCUT2D eigenvalue weighted by molar-refractivity contribution is -0.144. The van der Waals surface area contributed by atoms with Crippen LogP contribution in [0.4, 0.5) is 9.18 Å². The second kappa shape index (κ2) is 12.2. The fourth-order valence-corrected chi connectivity index (χ4v) is 6.32. The van der Waals surface area contributed by atoms with Crippen molar-refractivity contribution >= 4 is 41.1 Å². The van der Waals surface area contributed by atoms with E-state index in [1.165, 1.54) is 29.2 Å². The summed E-state index contributed by atoms with van der Waals surface area (Å²) < 4.78 is 24.1. The second-order valence-electron chi connectivity index (χ2n) is 11.3. The summed E-state index contributed by atoms with van der Waals surface area (Å²) in [5.41, 5.74) is 0.475. The van der Waals surface area contributed by atoms with Gasteiger partial charge in [-0.25, -0.2) is 9.18 Å². The molecule has 11 heteroatoms. The molecule has 0 N–H and O–H groups in total. The molecule has 0 bridgehead atoms. The maximum Gasteiger partial charge on any atom is 0.415 e. The van der Waals surface area contributed by atoms with Crippen LogP contribution in [-0.4, -0.2) is 85.6 Å². The number of nitrogens with zero attached hydrogens (tertiary/aromatic N) is 3. The number of amides is 3. The van der Waals surface area contributed by atoms with E-state index in [1.54, 1.807) is 31.2 Å². The molecule has 3 aliphatic rings. The highest BCUT2D eigenvalue weighted by Gasteiger charge is 2.52. The van der Waals surface area contributed by atoms with Gasteiger partial charge in [0.25, 0.3) is 0 Å². The first-order valence-electron chi connectivity index (χ1n) is 13.8. The van der Waals surface area contributed by atoms with Gasteiger partial charge in [-0.15, -0.1) is 0 Å². The van der Waals surface area contributed by atoms with Gasteiger partial charge in [0.1, 0.15) is 11.6 Å². The van der Waals surface area contributed by atoms with Crippen molar-refractivity contribution in [2.45, 2.75) is 37.6 Å². The van der Waals surface area contributed by atoms with E-state index in [0.29, 0.717) is 55.7 Å². The maximum absolute atomic E-state index is 13.7. The Labute approximate surface area is 249 Å². The Kier molecular flexibility index (Phi) is 8.78. The number of methoxy groups -OCH3 is 1. The van der Waals surface area contributed by atoms with Gasteiger partial charge in [0.2, 0.25) is 11.8 Å². The monoisotopic (exact) mass is 605 g/mol. The Morgan fingerprint density at radius 1 is 1.00 bits per heavy atom. The largest absolute Gasteiger partial charge is 0.415 e. The summed E-state index contributed by atoms with van der Waals surface area (Å²) in [5, 5.41) is 0.810. The van der Waals surface area contributed by atoms with Gasteiger partial charge in [-0.1, -0.05) is 29.3 Å². The molecular weight excluding hydrogens is 572 g/mol. The molecule has 1 aliphatic carbocycles. The van der Waals surface area contributed by atoms with Gasteiger partial charge in [-0.3, -0.25) is 9.59 Å². The van der Waals surface area contributed by atoms with Crippen molar-refractivity contribution in [3.8, 4) is 5.75 Å². The van der Waals surface area contributed by atoms with Gasteiger partial charge in [-0.2, -0.15) is 0 Å². The highest BCUT2D eigenvalue weighted by atomic mass is 35.5. The summed E-state index contributed by atoms with van der Waals surface area (Å²) in [6.07, 6.45) is 2.27. The number of hydrogen-bond donors (Lipinski definition) is 0. The van der Waals surface area contributed by atoms with Crippen molar-refractivity contribution < 1.29 is 28.2 Å². The minimum Gasteiger partial charge on any atom is -0.410 e. The minimum absolute atomic E-state index is 0.0167. The van der Waals surface area contributed by atoms with Crippen LogP contribution in [0, 0.1) is 17.2 Å². The lowest BCUT2D eigenvalue weighted by atomic mass is 9.93. The van der Waals surface area contributed by atoms with E-state index in [4.69, 9.17) is 32.7 Å². The molecular formula is C30H34Cl2FN3O5. The highest BCUT2D eigenvalue weighted by molar-refractivity contribution is 6.42. The molecule has 0 spiro atoms. The molecule has 0 aromatic heterocycles. The molecule has 220 valence electrons. The van der Waals surface area contributed by atoms with Crippen molar-refractivity contribution in [1.82, 2.24) is 14.7 Å². The number of rotatable bonds is 7. The van der Waals surface area contributed by atoms with Crippen molar-refractivity contribution in [2.24, 2.45) is 11.3 Å². The number of halogens is 3. The second-order valence-corrected chi connectivity index (χ2v) is 12.1. The van der Waals surface area contributed by atoms with Gasteiger partial charge in [-0.05, 0) is 67.6 Å². The number of likely N-dealkylation sites (N-methyl/N-ethyl adjacent to an activating group) is 1. The average Bonchev–Trinajstić information content (AvgIpc) is 3.63. The molecule has 3 amide bonds. The fourth-order valence-electron chi connectivity index (χ4n) is 6.01. The van der Waals surface area contributed by atoms with Crippen LogP contribution in [0.2, 0.25) is 10.0 Å². The Balaban J connectivity index is 1.28. The van der Waals surface area contributed by atoms with Crippen molar-refractivity contribution in [2.75, 3.05) is 46.9 Å². The molecule has 5 rings (SSSR count). The van der Waals surface area contributed by atoms with Gasteiger partial charge in [0.05, 0.1) is 28.1 Å². The Morgan fingerprint density at radius 2 is 1.68 bits per heavy atom. The Morgan fingerprint density at radius 3 is 2.29 bits per heavy atom. The van der Waals surface area contributed by atoms with E-state index < -0.39 is 18.0 Å². The van der Waals surface area contributed by atoms with E-state index in [1.807, 2.05) is 11.0 Å². The molecule has 0 unspecified atom stereocenters. The lowest BCUT2D eigenvalue weighted by Crippen LogP contribution is -2.47. The van der Waals surface area contributed by atoms with E-state index >= 15 is 0 Å². The van der Waals surface area contributed by atoms with Gasteiger partial charge >= 0.3 is 6.09 Å². The summed E-state index contributed by atoms with van der Waals surface area (Å²) in [6.45, 7) is 2.23. The zero-order valence-corrected chi connectivity index (χ0v) is 24.7. The van der Waals surface area contributed by atoms with Gasteiger partial charge < -0.3 is 24.2 Å². The van der Waals surface area contributed by atoms with Crippen molar-refractivity contribution in [3.05, 3.63) is 63.9 Å². The first-order valence-corrected chi connectivity index (χ1v) is 14.6. The fraction of sp³-hybridized carbons (Fsp3) is 0.500. The predicted molar refractivity (Wildman–Crippen MR) is 153 cm³/mol. The number of carbonyl (C=O) groups excluding carboxylic acids is 3. The topological polar surface area (TPSA) is 79.4 Å². The number of hydrogen-bond acceptors (Lipinski definition) is 5. The standard InChI is InChI=1S/C30H34Cl2FN3O5/c1-34(29(39)41-22-6-4-21(33)5-7-22)26-17-36(16-23(26)20-3-8-24(31)25(32)15-20)27(37)19-9-13-35(14-10-19)28(38)30(11-12-30)18-40-2/h3-8,15,19,23,26H,9-14,16-18H2,1-2H3/t23-,26+/m0/s1. The van der Waals surface area contributed by atoms with Gasteiger partial charge in [0.15, 0.2) is 0 Å². The van der Waals surface area contributed by atoms with Crippen LogP contribution < -0.4 is 4.74 Å². The Hall–Kier alpha value is -2.88. The molecule has 2 aromatic carbocycles. The SMILES string of the molecule is COCC1(C(=O)N2CCC(C(=O)N3C[C@@H](N(C)C(=O)Oc4ccc(F)cc4)[C@H](c4ccc(Cl)c(Cl)c4)C3)CC2)CC1. The van der Waals surface area contributed by atoms with E-state index in [0.717, 1.165) is 18.4 Å².